The van der Waals surface area contributed by atoms with Gasteiger partial charge in [-0.1, -0.05) is 11.6 Å². The third-order valence-electron chi connectivity index (χ3n) is 5.75. The Morgan fingerprint density at radius 3 is 2.44 bits per heavy atom. The molecular weight excluding hydrogens is 482 g/mol. The van der Waals surface area contributed by atoms with Gasteiger partial charge in [0.2, 0.25) is 0 Å². The summed E-state index contributed by atoms with van der Waals surface area (Å²) < 4.78 is 62.0. The Kier molecular flexibility index (Phi) is 6.62. The van der Waals surface area contributed by atoms with E-state index in [1.165, 1.54) is 17.0 Å². The Balaban J connectivity index is 1.56. The van der Waals surface area contributed by atoms with E-state index in [1.807, 2.05) is 0 Å². The molecule has 2 fully saturated rings. The number of halogens is 5. The number of carboxylic acid groups (broad SMARTS) is 1. The van der Waals surface area contributed by atoms with Crippen molar-refractivity contribution < 1.29 is 41.7 Å². The van der Waals surface area contributed by atoms with Crippen molar-refractivity contribution in [2.24, 2.45) is 0 Å². The Morgan fingerprint density at radius 1 is 1.09 bits per heavy atom. The van der Waals surface area contributed by atoms with Gasteiger partial charge < -0.3 is 19.5 Å². The van der Waals surface area contributed by atoms with Crippen LogP contribution in [-0.4, -0.2) is 40.8 Å². The average Bonchev–Trinajstić information content (AvgIpc) is 3.45. The first-order valence-corrected chi connectivity index (χ1v) is 10.9. The molecule has 182 valence electrons. The predicted molar refractivity (Wildman–Crippen MR) is 113 cm³/mol. The predicted octanol–water partition coefficient (Wildman–Crippen LogP) is 5.52. The lowest BCUT2D eigenvalue weighted by Crippen LogP contribution is -2.40. The van der Waals surface area contributed by atoms with Crippen LogP contribution >= 0.6 is 11.6 Å². The van der Waals surface area contributed by atoms with E-state index in [2.05, 4.69) is 4.74 Å². The zero-order valence-electron chi connectivity index (χ0n) is 17.7. The molecular formula is C23H20ClF4NO5. The van der Waals surface area contributed by atoms with Crippen LogP contribution in [0.15, 0.2) is 30.3 Å². The molecule has 1 aliphatic carbocycles. The number of ether oxygens (including phenoxy) is 2. The standard InChI is InChI=1S/C23H20ClF4NO5/c24-14-7-15(9-16(8-14)34-23(26,27)28)33-11-13-6-19(25)18(10-17(13)12-3-4-12)21(30)29-5-1-2-20(29)22(31)32/h6-10,12,20H,1-5,11H2,(H,31,32)/t20-/m0/s1. The topological polar surface area (TPSA) is 76.1 Å². The highest BCUT2D eigenvalue weighted by Gasteiger charge is 2.37. The van der Waals surface area contributed by atoms with Gasteiger partial charge in [-0.05, 0) is 67.0 Å². The van der Waals surface area contributed by atoms with Crippen molar-refractivity contribution in [3.63, 3.8) is 0 Å². The molecule has 2 aromatic carbocycles. The second-order valence-electron chi connectivity index (χ2n) is 8.26. The summed E-state index contributed by atoms with van der Waals surface area (Å²) in [6, 6.07) is 4.90. The van der Waals surface area contributed by atoms with E-state index in [9.17, 15) is 32.3 Å². The zero-order valence-corrected chi connectivity index (χ0v) is 18.5. The maximum absolute atomic E-state index is 15.0. The number of carbonyl (C=O) groups is 2. The van der Waals surface area contributed by atoms with Crippen LogP contribution in [0.3, 0.4) is 0 Å². The highest BCUT2D eigenvalue weighted by atomic mass is 35.5. The molecule has 1 N–H and O–H groups in total. The minimum absolute atomic E-state index is 0.00424. The van der Waals surface area contributed by atoms with Crippen LogP contribution < -0.4 is 9.47 Å². The fraction of sp³-hybridized carbons (Fsp3) is 0.391. The maximum Gasteiger partial charge on any atom is 0.573 e. The van der Waals surface area contributed by atoms with E-state index in [0.717, 1.165) is 31.0 Å². The van der Waals surface area contributed by atoms with Gasteiger partial charge in [0, 0.05) is 17.6 Å². The zero-order chi connectivity index (χ0) is 24.6. The average molecular weight is 502 g/mol. The number of nitrogens with zero attached hydrogens (tertiary/aromatic N) is 1. The van der Waals surface area contributed by atoms with Crippen molar-refractivity contribution in [1.29, 1.82) is 0 Å². The van der Waals surface area contributed by atoms with Crippen molar-refractivity contribution >= 4 is 23.5 Å². The third kappa shape index (κ3) is 5.55. The second kappa shape index (κ2) is 9.32. The van der Waals surface area contributed by atoms with E-state index in [4.69, 9.17) is 16.3 Å². The summed E-state index contributed by atoms with van der Waals surface area (Å²) in [5.41, 5.74) is 0.915. The Bertz CT molecular complexity index is 1120. The number of hydrogen-bond acceptors (Lipinski definition) is 4. The van der Waals surface area contributed by atoms with Crippen LogP contribution in [0.25, 0.3) is 0 Å². The van der Waals surface area contributed by atoms with Gasteiger partial charge >= 0.3 is 12.3 Å². The molecule has 1 saturated heterocycles. The summed E-state index contributed by atoms with van der Waals surface area (Å²) in [5, 5.41) is 9.30. The van der Waals surface area contributed by atoms with Gasteiger partial charge in [-0.2, -0.15) is 0 Å². The number of alkyl halides is 3. The van der Waals surface area contributed by atoms with Crippen molar-refractivity contribution in [3.05, 3.63) is 57.9 Å². The van der Waals surface area contributed by atoms with E-state index >= 15 is 0 Å². The molecule has 0 radical (unpaired) electrons. The molecule has 0 spiro atoms. The number of hydrogen-bond donors (Lipinski definition) is 1. The van der Waals surface area contributed by atoms with Crippen molar-refractivity contribution in [2.45, 2.75) is 50.6 Å². The van der Waals surface area contributed by atoms with Gasteiger partial charge in [-0.25, -0.2) is 9.18 Å². The summed E-state index contributed by atoms with van der Waals surface area (Å²) >= 11 is 5.86. The van der Waals surface area contributed by atoms with Gasteiger partial charge in [-0.3, -0.25) is 4.79 Å². The largest absolute Gasteiger partial charge is 0.573 e. The van der Waals surface area contributed by atoms with Crippen LogP contribution in [0.4, 0.5) is 17.6 Å². The smallest absolute Gasteiger partial charge is 0.489 e. The fourth-order valence-electron chi connectivity index (χ4n) is 4.09. The van der Waals surface area contributed by atoms with Crippen molar-refractivity contribution in [3.8, 4) is 11.5 Å². The Labute approximate surface area is 197 Å². The minimum atomic E-state index is -4.90. The first-order valence-electron chi connectivity index (χ1n) is 10.6. The van der Waals surface area contributed by atoms with E-state index < -0.39 is 35.8 Å². The van der Waals surface area contributed by atoms with Crippen LogP contribution in [0, 0.1) is 5.82 Å². The number of amides is 1. The van der Waals surface area contributed by atoms with Gasteiger partial charge in [-0.15, -0.1) is 13.2 Å². The Hall–Kier alpha value is -3.01. The van der Waals surface area contributed by atoms with Crippen LogP contribution in [0.2, 0.25) is 5.02 Å². The lowest BCUT2D eigenvalue weighted by atomic mass is 9.99. The van der Waals surface area contributed by atoms with Crippen LogP contribution in [0.5, 0.6) is 11.5 Å². The van der Waals surface area contributed by atoms with Gasteiger partial charge in [0.05, 0.1) is 5.56 Å². The fourth-order valence-corrected chi connectivity index (χ4v) is 4.30. The molecule has 1 aliphatic heterocycles. The van der Waals surface area contributed by atoms with E-state index in [-0.39, 0.29) is 35.4 Å². The molecule has 2 aliphatic rings. The molecule has 1 saturated carbocycles. The summed E-state index contributed by atoms with van der Waals surface area (Å²) in [6.07, 6.45) is -2.42. The summed E-state index contributed by atoms with van der Waals surface area (Å²) in [4.78, 5) is 25.5. The van der Waals surface area contributed by atoms with Gasteiger partial charge in [0.15, 0.2) is 0 Å². The van der Waals surface area contributed by atoms with Crippen molar-refractivity contribution in [1.82, 2.24) is 4.90 Å². The molecule has 6 nitrogen and oxygen atoms in total. The molecule has 0 unspecified atom stereocenters. The minimum Gasteiger partial charge on any atom is -0.489 e. The molecule has 11 heteroatoms. The van der Waals surface area contributed by atoms with Crippen LogP contribution in [0.1, 0.15) is 53.1 Å². The second-order valence-corrected chi connectivity index (χ2v) is 8.70. The SMILES string of the molecule is O=C(O)[C@@H]1CCCN1C(=O)c1cc(C2CC2)c(COc2cc(Cl)cc(OC(F)(F)F)c2)cc1F. The van der Waals surface area contributed by atoms with Gasteiger partial charge in [0.25, 0.3) is 5.91 Å². The number of benzene rings is 2. The third-order valence-corrected chi connectivity index (χ3v) is 5.97. The quantitative estimate of drug-likeness (QED) is 0.505. The molecule has 0 aromatic heterocycles. The molecule has 0 bridgehead atoms. The molecule has 1 atom stereocenters. The summed E-state index contributed by atoms with van der Waals surface area (Å²) in [7, 11) is 0. The normalized spacial score (nSPS) is 18.1. The Morgan fingerprint density at radius 2 is 1.79 bits per heavy atom. The lowest BCUT2D eigenvalue weighted by Gasteiger charge is -2.22. The summed E-state index contributed by atoms with van der Waals surface area (Å²) in [5.74, 6) is -3.10. The highest BCUT2D eigenvalue weighted by molar-refractivity contribution is 6.30. The number of likely N-dealkylation sites (tertiary alicyclic amines) is 1. The van der Waals surface area contributed by atoms with Crippen molar-refractivity contribution in [2.75, 3.05) is 6.54 Å². The number of rotatable bonds is 7. The molecule has 1 heterocycles. The van der Waals surface area contributed by atoms with Crippen LogP contribution in [-0.2, 0) is 11.4 Å². The molecule has 2 aromatic rings. The first-order chi connectivity index (χ1) is 16.0. The molecule has 1 amide bonds. The molecule has 34 heavy (non-hydrogen) atoms. The lowest BCUT2D eigenvalue weighted by molar-refractivity contribution is -0.274. The monoisotopic (exact) mass is 501 g/mol. The maximum atomic E-state index is 15.0. The first kappa shape index (κ1) is 24.1. The van der Waals surface area contributed by atoms with E-state index in [1.54, 1.807) is 0 Å². The number of aliphatic carboxylic acids is 1. The summed E-state index contributed by atoms with van der Waals surface area (Å²) in [6.45, 7) is 0.0560. The number of carboxylic acids is 1. The van der Waals surface area contributed by atoms with E-state index in [0.29, 0.717) is 24.0 Å². The number of carbonyl (C=O) groups excluding carboxylic acids is 1. The molecule has 4 rings (SSSR count). The van der Waals surface area contributed by atoms with Gasteiger partial charge in [0.1, 0.15) is 30.0 Å². The highest BCUT2D eigenvalue weighted by Crippen LogP contribution is 2.43.